The molecule has 1 aromatic heterocycles. The van der Waals surface area contributed by atoms with Crippen molar-refractivity contribution in [3.63, 3.8) is 0 Å². The van der Waals surface area contributed by atoms with E-state index in [1.165, 1.54) is 23.5 Å². The van der Waals surface area contributed by atoms with Gasteiger partial charge in [0.1, 0.15) is 0 Å². The molecule has 2 aromatic carbocycles. The van der Waals surface area contributed by atoms with Gasteiger partial charge in [0.25, 0.3) is 0 Å². The number of thiazole rings is 1. The van der Waals surface area contributed by atoms with Crippen LogP contribution in [0.5, 0.6) is 0 Å². The molecule has 26 heavy (non-hydrogen) atoms. The molecular weight excluding hydrogens is 478 g/mol. The van der Waals surface area contributed by atoms with Gasteiger partial charge < -0.3 is 5.32 Å². The molecule has 0 unspecified atom stereocenters. The molecule has 0 aliphatic carbocycles. The van der Waals surface area contributed by atoms with Crippen molar-refractivity contribution in [1.82, 2.24) is 4.98 Å². The average molecular weight is 489 g/mol. The van der Waals surface area contributed by atoms with Crippen LogP contribution in [0.1, 0.15) is 5.56 Å². The van der Waals surface area contributed by atoms with E-state index in [1.54, 1.807) is 0 Å². The number of hydrogen-bond donors (Lipinski definition) is 2. The number of hydrogen-bond acceptors (Lipinski definition) is 3. The number of halogens is 4. The minimum atomic E-state index is -4.41. The van der Waals surface area contributed by atoms with Gasteiger partial charge in [-0.15, -0.1) is 11.3 Å². The number of alkyl halides is 3. The van der Waals surface area contributed by atoms with E-state index in [9.17, 15) is 18.0 Å². The predicted octanol–water partition coefficient (Wildman–Crippen LogP) is 6.08. The van der Waals surface area contributed by atoms with Crippen molar-refractivity contribution in [2.45, 2.75) is 6.18 Å². The minimum absolute atomic E-state index is 0.255. The fraction of sp³-hybridized carbons (Fsp3) is 0.0588. The van der Waals surface area contributed by atoms with Gasteiger partial charge >= 0.3 is 12.2 Å². The maximum absolute atomic E-state index is 12.5. The standard InChI is InChI=1S/C17H11F3IN3OS/c18-17(19,20)11-3-7-13(8-4-11)22-15(25)24-16-23-14(9-26-16)10-1-5-12(21)6-2-10/h1-9H,(H2,22,23,24,25). The zero-order valence-corrected chi connectivity index (χ0v) is 15.9. The van der Waals surface area contributed by atoms with Crippen LogP contribution in [0.2, 0.25) is 0 Å². The van der Waals surface area contributed by atoms with Crippen LogP contribution in [0, 0.1) is 3.57 Å². The Morgan fingerprint density at radius 2 is 1.65 bits per heavy atom. The lowest BCUT2D eigenvalue weighted by Crippen LogP contribution is -2.19. The average Bonchev–Trinajstić information content (AvgIpc) is 3.03. The quantitative estimate of drug-likeness (QED) is 0.439. The number of nitrogens with one attached hydrogen (secondary N) is 2. The first-order chi connectivity index (χ1) is 12.3. The Kier molecular flexibility index (Phi) is 5.47. The van der Waals surface area contributed by atoms with Gasteiger partial charge in [-0.25, -0.2) is 9.78 Å². The van der Waals surface area contributed by atoms with Crippen LogP contribution in [0.3, 0.4) is 0 Å². The summed E-state index contributed by atoms with van der Waals surface area (Å²) in [6.07, 6.45) is -4.41. The van der Waals surface area contributed by atoms with Crippen LogP contribution in [-0.4, -0.2) is 11.0 Å². The van der Waals surface area contributed by atoms with Crippen LogP contribution >= 0.6 is 33.9 Å². The van der Waals surface area contributed by atoms with E-state index in [0.29, 0.717) is 5.13 Å². The van der Waals surface area contributed by atoms with Crippen LogP contribution < -0.4 is 10.6 Å². The third kappa shape index (κ3) is 4.73. The largest absolute Gasteiger partial charge is 0.416 e. The fourth-order valence-corrected chi connectivity index (χ4v) is 3.16. The van der Waals surface area contributed by atoms with Crippen molar-refractivity contribution >= 4 is 50.8 Å². The number of carbonyl (C=O) groups excluding carboxylic acids is 1. The van der Waals surface area contributed by atoms with Crippen molar-refractivity contribution in [2.24, 2.45) is 0 Å². The second-order valence-corrected chi connectivity index (χ2v) is 7.30. The second kappa shape index (κ2) is 7.62. The van der Waals surface area contributed by atoms with E-state index in [4.69, 9.17) is 0 Å². The normalized spacial score (nSPS) is 11.2. The van der Waals surface area contributed by atoms with E-state index in [0.717, 1.165) is 27.0 Å². The van der Waals surface area contributed by atoms with Crippen LogP contribution in [0.25, 0.3) is 11.3 Å². The summed E-state index contributed by atoms with van der Waals surface area (Å²) in [5.41, 5.74) is 1.14. The van der Waals surface area contributed by atoms with Gasteiger partial charge in [0.15, 0.2) is 5.13 Å². The van der Waals surface area contributed by atoms with E-state index in [2.05, 4.69) is 38.2 Å². The maximum atomic E-state index is 12.5. The Labute approximate surface area is 164 Å². The molecule has 4 nitrogen and oxygen atoms in total. The molecule has 0 spiro atoms. The van der Waals surface area contributed by atoms with Gasteiger partial charge in [0.2, 0.25) is 0 Å². The van der Waals surface area contributed by atoms with Gasteiger partial charge in [0, 0.05) is 20.2 Å². The fourth-order valence-electron chi connectivity index (χ4n) is 2.09. The molecule has 1 heterocycles. The van der Waals surface area contributed by atoms with Gasteiger partial charge in [-0.3, -0.25) is 5.32 Å². The monoisotopic (exact) mass is 489 g/mol. The van der Waals surface area contributed by atoms with E-state index in [-0.39, 0.29) is 5.69 Å². The molecule has 2 N–H and O–H groups in total. The van der Waals surface area contributed by atoms with Crippen molar-refractivity contribution in [1.29, 1.82) is 0 Å². The summed E-state index contributed by atoms with van der Waals surface area (Å²) in [5.74, 6) is 0. The van der Waals surface area contributed by atoms with Gasteiger partial charge in [-0.1, -0.05) is 12.1 Å². The Hall–Kier alpha value is -2.14. The van der Waals surface area contributed by atoms with Crippen molar-refractivity contribution in [3.05, 3.63) is 63.0 Å². The maximum Gasteiger partial charge on any atom is 0.416 e. The molecule has 0 bridgehead atoms. The lowest BCUT2D eigenvalue weighted by atomic mass is 10.2. The molecule has 3 rings (SSSR count). The first kappa shape index (κ1) is 18.6. The highest BCUT2D eigenvalue weighted by Crippen LogP contribution is 2.30. The molecule has 0 saturated heterocycles. The molecule has 134 valence electrons. The number of carbonyl (C=O) groups is 1. The highest BCUT2D eigenvalue weighted by Gasteiger charge is 2.29. The SMILES string of the molecule is O=C(Nc1ccc(C(F)(F)F)cc1)Nc1nc(-c2ccc(I)cc2)cs1. The molecule has 0 aliphatic heterocycles. The van der Waals surface area contributed by atoms with Crippen molar-refractivity contribution in [3.8, 4) is 11.3 Å². The molecule has 0 fully saturated rings. The number of benzene rings is 2. The molecule has 0 saturated carbocycles. The number of urea groups is 1. The zero-order valence-electron chi connectivity index (χ0n) is 13.0. The Morgan fingerprint density at radius 1 is 1.00 bits per heavy atom. The summed E-state index contributed by atoms with van der Waals surface area (Å²) in [5, 5.41) is 7.25. The van der Waals surface area contributed by atoms with E-state index >= 15 is 0 Å². The summed E-state index contributed by atoms with van der Waals surface area (Å²) in [6.45, 7) is 0. The van der Waals surface area contributed by atoms with Gasteiger partial charge in [-0.05, 0) is 59.0 Å². The second-order valence-electron chi connectivity index (χ2n) is 5.20. The molecule has 9 heteroatoms. The Morgan fingerprint density at radius 3 is 2.27 bits per heavy atom. The highest BCUT2D eigenvalue weighted by molar-refractivity contribution is 14.1. The van der Waals surface area contributed by atoms with Crippen LogP contribution in [0.15, 0.2) is 53.9 Å². The van der Waals surface area contributed by atoms with Crippen molar-refractivity contribution in [2.75, 3.05) is 10.6 Å². The molecular formula is C17H11F3IN3OS. The van der Waals surface area contributed by atoms with Crippen LogP contribution in [0.4, 0.5) is 28.8 Å². The number of amides is 2. The number of nitrogens with zero attached hydrogens (tertiary/aromatic N) is 1. The Balaban J connectivity index is 1.62. The van der Waals surface area contributed by atoms with Gasteiger partial charge in [0.05, 0.1) is 11.3 Å². The van der Waals surface area contributed by atoms with E-state index in [1.807, 2.05) is 29.6 Å². The summed E-state index contributed by atoms with van der Waals surface area (Å²) >= 11 is 3.47. The molecule has 0 radical (unpaired) electrons. The van der Waals surface area contributed by atoms with Crippen LogP contribution in [-0.2, 0) is 6.18 Å². The minimum Gasteiger partial charge on any atom is -0.308 e. The third-order valence-electron chi connectivity index (χ3n) is 3.33. The third-order valence-corrected chi connectivity index (χ3v) is 4.81. The van der Waals surface area contributed by atoms with E-state index < -0.39 is 17.8 Å². The Bertz CT molecular complexity index is 908. The lowest BCUT2D eigenvalue weighted by Gasteiger charge is -2.08. The number of anilines is 2. The predicted molar refractivity (Wildman–Crippen MR) is 104 cm³/mol. The van der Waals surface area contributed by atoms with Crippen molar-refractivity contribution < 1.29 is 18.0 Å². The smallest absolute Gasteiger partial charge is 0.308 e. The first-order valence-electron chi connectivity index (χ1n) is 7.28. The topological polar surface area (TPSA) is 54.0 Å². The molecule has 0 atom stereocenters. The number of rotatable bonds is 3. The van der Waals surface area contributed by atoms with Gasteiger partial charge in [-0.2, -0.15) is 13.2 Å². The highest BCUT2D eigenvalue weighted by atomic mass is 127. The lowest BCUT2D eigenvalue weighted by molar-refractivity contribution is -0.137. The summed E-state index contributed by atoms with van der Waals surface area (Å²) in [6, 6.07) is 11.4. The number of aromatic nitrogens is 1. The summed E-state index contributed by atoms with van der Waals surface area (Å²) in [7, 11) is 0. The first-order valence-corrected chi connectivity index (χ1v) is 9.24. The summed E-state index contributed by atoms with van der Waals surface area (Å²) in [4.78, 5) is 16.3. The molecule has 2 amide bonds. The summed E-state index contributed by atoms with van der Waals surface area (Å²) < 4.78 is 38.7. The zero-order chi connectivity index (χ0) is 18.7. The molecule has 0 aliphatic rings. The molecule has 3 aromatic rings.